The molecule has 0 spiro atoms. The maximum atomic E-state index is 4.74. The summed E-state index contributed by atoms with van der Waals surface area (Å²) in [7, 11) is 0. The van der Waals surface area contributed by atoms with Crippen LogP contribution in [0.25, 0.3) is 10.9 Å². The minimum absolute atomic E-state index is 0.709. The van der Waals surface area contributed by atoms with Crippen LogP contribution < -0.4 is 0 Å². The van der Waals surface area contributed by atoms with E-state index < -0.39 is 0 Å². The van der Waals surface area contributed by atoms with Crippen LogP contribution in [0.4, 0.5) is 0 Å². The van der Waals surface area contributed by atoms with Gasteiger partial charge in [0, 0.05) is 17.4 Å². The summed E-state index contributed by atoms with van der Waals surface area (Å²) in [5.41, 5.74) is 5.30. The van der Waals surface area contributed by atoms with Crippen molar-refractivity contribution >= 4 is 16.6 Å². The lowest BCUT2D eigenvalue weighted by Crippen LogP contribution is -2.15. The van der Waals surface area contributed by atoms with Gasteiger partial charge in [0.15, 0.2) is 0 Å². The standard InChI is InChI=1S/C16H20N2/c1-3-11(2)10-15-16-13(8-9-17-15)12-6-4-5-7-14(12)18-16/h4-7,11,18H,3,8-10H2,1-2H3. The molecule has 1 aliphatic heterocycles. The van der Waals surface area contributed by atoms with Gasteiger partial charge in [0.1, 0.15) is 0 Å². The van der Waals surface area contributed by atoms with E-state index in [4.69, 9.17) is 4.99 Å². The molecule has 0 radical (unpaired) electrons. The van der Waals surface area contributed by atoms with Crippen LogP contribution in [0.2, 0.25) is 0 Å². The molecule has 0 saturated carbocycles. The van der Waals surface area contributed by atoms with E-state index in [1.54, 1.807) is 0 Å². The maximum Gasteiger partial charge on any atom is 0.0638 e. The van der Waals surface area contributed by atoms with E-state index in [0.29, 0.717) is 5.92 Å². The van der Waals surface area contributed by atoms with Gasteiger partial charge in [-0.3, -0.25) is 4.99 Å². The molecule has 2 heteroatoms. The second-order valence-corrected chi connectivity index (χ2v) is 5.32. The summed E-state index contributed by atoms with van der Waals surface area (Å²) in [5.74, 6) is 0.709. The van der Waals surface area contributed by atoms with Crippen LogP contribution in [0.1, 0.15) is 37.9 Å². The molecule has 1 unspecified atom stereocenters. The largest absolute Gasteiger partial charge is 0.353 e. The Kier molecular flexibility index (Phi) is 2.94. The fourth-order valence-corrected chi connectivity index (χ4v) is 2.73. The molecule has 1 aromatic heterocycles. The third-order valence-corrected chi connectivity index (χ3v) is 4.01. The summed E-state index contributed by atoms with van der Waals surface area (Å²) in [6.07, 6.45) is 3.38. The van der Waals surface area contributed by atoms with Crippen LogP contribution in [0.5, 0.6) is 0 Å². The zero-order valence-corrected chi connectivity index (χ0v) is 11.2. The SMILES string of the molecule is CCC(C)CC1=NCCc2c1[nH]c1ccccc21. The van der Waals surface area contributed by atoms with Crippen molar-refractivity contribution in [3.8, 4) is 0 Å². The van der Waals surface area contributed by atoms with Crippen molar-refractivity contribution in [3.05, 3.63) is 35.5 Å². The van der Waals surface area contributed by atoms with Crippen LogP contribution in [0, 0.1) is 5.92 Å². The number of nitrogens with one attached hydrogen (secondary N) is 1. The van der Waals surface area contributed by atoms with Gasteiger partial charge in [-0.1, -0.05) is 38.5 Å². The highest BCUT2D eigenvalue weighted by atomic mass is 14.8. The number of para-hydroxylation sites is 1. The van der Waals surface area contributed by atoms with Crippen LogP contribution in [0.15, 0.2) is 29.3 Å². The van der Waals surface area contributed by atoms with Crippen LogP contribution >= 0.6 is 0 Å². The predicted octanol–water partition coefficient (Wildman–Crippen LogP) is 3.95. The highest BCUT2D eigenvalue weighted by molar-refractivity contribution is 6.06. The summed E-state index contributed by atoms with van der Waals surface area (Å²) in [6, 6.07) is 8.59. The average Bonchev–Trinajstić information content (AvgIpc) is 2.78. The second kappa shape index (κ2) is 4.60. The summed E-state index contributed by atoms with van der Waals surface area (Å²) < 4.78 is 0. The molecule has 1 atom stereocenters. The van der Waals surface area contributed by atoms with Crippen molar-refractivity contribution in [2.75, 3.05) is 6.54 Å². The first-order valence-electron chi connectivity index (χ1n) is 6.93. The van der Waals surface area contributed by atoms with Gasteiger partial charge < -0.3 is 4.98 Å². The molecule has 1 aliphatic rings. The molecular weight excluding hydrogens is 220 g/mol. The second-order valence-electron chi connectivity index (χ2n) is 5.32. The Bertz CT molecular complexity index is 592. The minimum atomic E-state index is 0.709. The van der Waals surface area contributed by atoms with Crippen molar-refractivity contribution < 1.29 is 0 Å². The van der Waals surface area contributed by atoms with E-state index in [1.165, 1.54) is 34.3 Å². The van der Waals surface area contributed by atoms with Crippen molar-refractivity contribution in [1.29, 1.82) is 0 Å². The molecule has 1 aromatic carbocycles. The van der Waals surface area contributed by atoms with E-state index in [9.17, 15) is 0 Å². The number of hydrogen-bond donors (Lipinski definition) is 1. The van der Waals surface area contributed by atoms with Gasteiger partial charge in [0.05, 0.1) is 11.4 Å². The lowest BCUT2D eigenvalue weighted by molar-refractivity contribution is 0.585. The summed E-state index contributed by atoms with van der Waals surface area (Å²) in [4.78, 5) is 8.30. The van der Waals surface area contributed by atoms with E-state index in [-0.39, 0.29) is 0 Å². The molecule has 1 N–H and O–H groups in total. The lowest BCUT2D eigenvalue weighted by Gasteiger charge is -2.16. The number of aromatic amines is 1. The topological polar surface area (TPSA) is 28.1 Å². The Hall–Kier alpha value is -1.57. The highest BCUT2D eigenvalue weighted by Crippen LogP contribution is 2.28. The Labute approximate surface area is 108 Å². The van der Waals surface area contributed by atoms with E-state index in [1.807, 2.05) is 0 Å². The van der Waals surface area contributed by atoms with E-state index in [0.717, 1.165) is 19.4 Å². The van der Waals surface area contributed by atoms with Crippen molar-refractivity contribution in [2.45, 2.75) is 33.1 Å². The molecular formula is C16H20N2. The van der Waals surface area contributed by atoms with Gasteiger partial charge in [-0.05, 0) is 30.4 Å². The Morgan fingerprint density at radius 3 is 3.00 bits per heavy atom. The number of benzene rings is 1. The third kappa shape index (κ3) is 1.86. The fourth-order valence-electron chi connectivity index (χ4n) is 2.73. The monoisotopic (exact) mass is 240 g/mol. The molecule has 94 valence electrons. The first kappa shape index (κ1) is 11.5. The highest BCUT2D eigenvalue weighted by Gasteiger charge is 2.20. The maximum absolute atomic E-state index is 4.74. The number of hydrogen-bond acceptors (Lipinski definition) is 1. The van der Waals surface area contributed by atoms with E-state index in [2.05, 4.69) is 43.1 Å². The van der Waals surface area contributed by atoms with Gasteiger partial charge in [0.2, 0.25) is 0 Å². The quantitative estimate of drug-likeness (QED) is 0.841. The molecule has 0 amide bonds. The molecule has 2 nitrogen and oxygen atoms in total. The Morgan fingerprint density at radius 1 is 1.33 bits per heavy atom. The lowest BCUT2D eigenvalue weighted by atomic mass is 9.95. The van der Waals surface area contributed by atoms with Crippen LogP contribution in [0.3, 0.4) is 0 Å². The Morgan fingerprint density at radius 2 is 2.17 bits per heavy atom. The molecule has 2 heterocycles. The summed E-state index contributed by atoms with van der Waals surface area (Å²) in [5, 5.41) is 1.38. The molecule has 0 bridgehead atoms. The molecule has 0 fully saturated rings. The van der Waals surface area contributed by atoms with Crippen LogP contribution in [-0.2, 0) is 6.42 Å². The molecule has 0 aliphatic carbocycles. The molecule has 0 saturated heterocycles. The minimum Gasteiger partial charge on any atom is -0.353 e. The zero-order valence-electron chi connectivity index (χ0n) is 11.2. The van der Waals surface area contributed by atoms with Gasteiger partial charge in [0.25, 0.3) is 0 Å². The summed E-state index contributed by atoms with van der Waals surface area (Å²) in [6.45, 7) is 5.50. The molecule has 18 heavy (non-hydrogen) atoms. The number of H-pyrrole nitrogens is 1. The molecule has 2 aromatic rings. The van der Waals surface area contributed by atoms with Gasteiger partial charge in [-0.25, -0.2) is 0 Å². The Balaban J connectivity index is 2.05. The smallest absolute Gasteiger partial charge is 0.0638 e. The van der Waals surface area contributed by atoms with Gasteiger partial charge in [-0.2, -0.15) is 0 Å². The fraction of sp³-hybridized carbons (Fsp3) is 0.438. The number of aliphatic imine (C=N–C) groups is 1. The van der Waals surface area contributed by atoms with Crippen molar-refractivity contribution in [2.24, 2.45) is 10.9 Å². The number of rotatable bonds is 3. The normalized spacial score (nSPS) is 16.4. The molecule has 3 rings (SSSR count). The number of nitrogens with zero attached hydrogens (tertiary/aromatic N) is 1. The predicted molar refractivity (Wildman–Crippen MR) is 77.5 cm³/mol. The van der Waals surface area contributed by atoms with Crippen molar-refractivity contribution in [3.63, 3.8) is 0 Å². The van der Waals surface area contributed by atoms with Crippen molar-refractivity contribution in [1.82, 2.24) is 4.98 Å². The number of aromatic nitrogens is 1. The first-order chi connectivity index (χ1) is 8.79. The van der Waals surface area contributed by atoms with Crippen LogP contribution in [-0.4, -0.2) is 17.2 Å². The summed E-state index contributed by atoms with van der Waals surface area (Å²) >= 11 is 0. The average molecular weight is 240 g/mol. The van der Waals surface area contributed by atoms with Gasteiger partial charge in [-0.15, -0.1) is 0 Å². The number of fused-ring (bicyclic) bond motifs is 3. The first-order valence-corrected chi connectivity index (χ1v) is 6.93. The third-order valence-electron chi connectivity index (χ3n) is 4.01. The zero-order chi connectivity index (χ0) is 12.5. The van der Waals surface area contributed by atoms with E-state index >= 15 is 0 Å². The van der Waals surface area contributed by atoms with Gasteiger partial charge >= 0.3 is 0 Å².